The Bertz CT molecular complexity index is 603. The molecule has 0 aliphatic heterocycles. The molecule has 106 valence electrons. The summed E-state index contributed by atoms with van der Waals surface area (Å²) in [6.45, 7) is 4.88. The molecule has 0 aliphatic rings. The van der Waals surface area contributed by atoms with Gasteiger partial charge in [0.1, 0.15) is 5.41 Å². The van der Waals surface area contributed by atoms with Gasteiger partial charge in [0.05, 0.1) is 17.3 Å². The van der Waals surface area contributed by atoms with Crippen molar-refractivity contribution in [3.05, 3.63) is 27.7 Å². The molecule has 0 aromatic heterocycles. The molecule has 0 bridgehead atoms. The molecule has 1 rings (SSSR count). The highest BCUT2D eigenvalue weighted by molar-refractivity contribution is 9.10. The summed E-state index contributed by atoms with van der Waals surface area (Å²) in [5.41, 5.74) is 0.419. The molecule has 6 heteroatoms. The predicted octanol–water partition coefficient (Wildman–Crippen LogP) is 2.61. The molecule has 5 nitrogen and oxygen atoms in total. The van der Waals surface area contributed by atoms with Crippen molar-refractivity contribution in [2.45, 2.75) is 20.8 Å². The van der Waals surface area contributed by atoms with E-state index in [0.717, 1.165) is 5.56 Å². The monoisotopic (exact) mass is 337 g/mol. The minimum absolute atomic E-state index is 0.306. The zero-order valence-corrected chi connectivity index (χ0v) is 13.4. The number of nitrogens with one attached hydrogen (secondary N) is 2. The van der Waals surface area contributed by atoms with Crippen LogP contribution in [0.25, 0.3) is 0 Å². The zero-order chi connectivity index (χ0) is 15.5. The fourth-order valence-electron chi connectivity index (χ4n) is 1.50. The smallest absolute Gasteiger partial charge is 0.253 e. The van der Waals surface area contributed by atoms with E-state index in [2.05, 4.69) is 26.6 Å². The largest absolute Gasteiger partial charge is 0.355 e. The van der Waals surface area contributed by atoms with Crippen LogP contribution in [0.15, 0.2) is 16.6 Å². The second-order valence-corrected chi connectivity index (χ2v) is 5.79. The number of hydrogen-bond acceptors (Lipinski definition) is 3. The zero-order valence-electron chi connectivity index (χ0n) is 11.8. The van der Waals surface area contributed by atoms with Gasteiger partial charge < -0.3 is 10.6 Å². The summed E-state index contributed by atoms with van der Waals surface area (Å²) in [6.07, 6.45) is 0. The van der Waals surface area contributed by atoms with Crippen LogP contribution in [0.3, 0.4) is 0 Å². The Morgan fingerprint density at radius 1 is 1.35 bits per heavy atom. The molecule has 0 saturated carbocycles. The molecule has 0 heterocycles. The van der Waals surface area contributed by atoms with Crippen LogP contribution in [0.2, 0.25) is 0 Å². The third-order valence-electron chi connectivity index (χ3n) is 2.79. The highest BCUT2D eigenvalue weighted by atomic mass is 79.9. The molecule has 2 N–H and O–H groups in total. The van der Waals surface area contributed by atoms with Gasteiger partial charge in [0.25, 0.3) is 5.91 Å². The molecular formula is C14H16BrN3O2. The normalized spacial score (nSPS) is 10.6. The number of rotatable bonds is 3. The van der Waals surface area contributed by atoms with Crippen molar-refractivity contribution in [2.75, 3.05) is 12.4 Å². The van der Waals surface area contributed by atoms with Crippen LogP contribution in [0.5, 0.6) is 0 Å². The summed E-state index contributed by atoms with van der Waals surface area (Å²) >= 11 is 3.33. The Balaban J connectivity index is 3.28. The van der Waals surface area contributed by atoms with Gasteiger partial charge in [-0.3, -0.25) is 9.59 Å². The maximum absolute atomic E-state index is 12.1. The minimum Gasteiger partial charge on any atom is -0.355 e. The standard InChI is InChI=1S/C14H16BrN3O2/c1-8-5-9(12(19)17-4)11(10(15)6-8)18-13(20)14(2,3)7-16/h5-6H,1-4H3,(H,17,19)(H,18,20). The first-order valence-corrected chi connectivity index (χ1v) is 6.77. The van der Waals surface area contributed by atoms with Gasteiger partial charge >= 0.3 is 0 Å². The number of nitrogens with zero attached hydrogens (tertiary/aromatic N) is 1. The SMILES string of the molecule is CNC(=O)c1cc(C)cc(Br)c1NC(=O)C(C)(C)C#N. The number of carbonyl (C=O) groups excluding carboxylic acids is 2. The first-order valence-electron chi connectivity index (χ1n) is 5.98. The molecule has 0 radical (unpaired) electrons. The third-order valence-corrected chi connectivity index (χ3v) is 3.42. The highest BCUT2D eigenvalue weighted by Gasteiger charge is 2.29. The number of carbonyl (C=O) groups is 2. The molecule has 0 aliphatic carbocycles. The van der Waals surface area contributed by atoms with Crippen LogP contribution >= 0.6 is 15.9 Å². The van der Waals surface area contributed by atoms with Crippen molar-refractivity contribution in [2.24, 2.45) is 5.41 Å². The van der Waals surface area contributed by atoms with Crippen LogP contribution in [0.1, 0.15) is 29.8 Å². The molecule has 0 atom stereocenters. The average molecular weight is 338 g/mol. The summed E-state index contributed by atoms with van der Waals surface area (Å²) in [5.74, 6) is -0.769. The quantitative estimate of drug-likeness (QED) is 0.889. The van der Waals surface area contributed by atoms with Gasteiger partial charge in [-0.15, -0.1) is 0 Å². The first kappa shape index (κ1) is 16.2. The molecule has 20 heavy (non-hydrogen) atoms. The van der Waals surface area contributed by atoms with E-state index >= 15 is 0 Å². The Labute approximate surface area is 126 Å². The van der Waals surface area contributed by atoms with E-state index in [1.165, 1.54) is 20.9 Å². The molecule has 0 unspecified atom stereocenters. The molecule has 0 spiro atoms. The Morgan fingerprint density at radius 2 is 1.95 bits per heavy atom. The minimum atomic E-state index is -1.18. The lowest BCUT2D eigenvalue weighted by Crippen LogP contribution is -2.31. The van der Waals surface area contributed by atoms with Crippen LogP contribution in [-0.4, -0.2) is 18.9 Å². The van der Waals surface area contributed by atoms with Gasteiger partial charge in [-0.2, -0.15) is 5.26 Å². The Morgan fingerprint density at radius 3 is 2.45 bits per heavy atom. The van der Waals surface area contributed by atoms with E-state index in [1.807, 2.05) is 13.0 Å². The summed E-state index contributed by atoms with van der Waals surface area (Å²) in [7, 11) is 1.52. The van der Waals surface area contributed by atoms with E-state index in [1.54, 1.807) is 12.1 Å². The van der Waals surface area contributed by atoms with Gasteiger partial charge in [0.15, 0.2) is 0 Å². The van der Waals surface area contributed by atoms with E-state index in [0.29, 0.717) is 15.7 Å². The third kappa shape index (κ3) is 3.36. The summed E-state index contributed by atoms with van der Waals surface area (Å²) < 4.78 is 0.596. The lowest BCUT2D eigenvalue weighted by molar-refractivity contribution is -0.121. The van der Waals surface area contributed by atoms with Crippen molar-refractivity contribution >= 4 is 33.4 Å². The maximum Gasteiger partial charge on any atom is 0.253 e. The number of nitriles is 1. The van der Waals surface area contributed by atoms with Gasteiger partial charge in [0.2, 0.25) is 5.91 Å². The Hall–Kier alpha value is -1.87. The summed E-state index contributed by atoms with van der Waals surface area (Å²) in [5, 5.41) is 14.1. The molecule has 0 fully saturated rings. The lowest BCUT2D eigenvalue weighted by atomic mass is 9.94. The van der Waals surface area contributed by atoms with Crippen LogP contribution in [0, 0.1) is 23.7 Å². The Kier molecular flexibility index (Phi) is 4.90. The summed E-state index contributed by atoms with van der Waals surface area (Å²) in [4.78, 5) is 24.0. The second kappa shape index (κ2) is 6.06. The van der Waals surface area contributed by atoms with E-state index in [-0.39, 0.29) is 5.91 Å². The number of benzene rings is 1. The fourth-order valence-corrected chi connectivity index (χ4v) is 2.18. The molecule has 2 amide bonds. The first-order chi connectivity index (χ1) is 9.22. The van der Waals surface area contributed by atoms with Gasteiger partial charge in [0, 0.05) is 11.5 Å². The van der Waals surface area contributed by atoms with Crippen molar-refractivity contribution in [1.82, 2.24) is 5.32 Å². The average Bonchev–Trinajstić information content (AvgIpc) is 2.40. The van der Waals surface area contributed by atoms with Gasteiger partial charge in [-0.05, 0) is 54.4 Å². The number of amides is 2. The van der Waals surface area contributed by atoms with Crippen molar-refractivity contribution in [1.29, 1.82) is 5.26 Å². The highest BCUT2D eigenvalue weighted by Crippen LogP contribution is 2.30. The van der Waals surface area contributed by atoms with Crippen molar-refractivity contribution < 1.29 is 9.59 Å². The van der Waals surface area contributed by atoms with E-state index < -0.39 is 11.3 Å². The number of halogens is 1. The van der Waals surface area contributed by atoms with Gasteiger partial charge in [-0.1, -0.05) is 0 Å². The van der Waals surface area contributed by atoms with E-state index in [4.69, 9.17) is 5.26 Å². The number of aryl methyl sites for hydroxylation is 1. The van der Waals surface area contributed by atoms with Crippen molar-refractivity contribution in [3.63, 3.8) is 0 Å². The number of hydrogen-bond donors (Lipinski definition) is 2. The summed E-state index contributed by atoms with van der Waals surface area (Å²) in [6, 6.07) is 5.40. The topological polar surface area (TPSA) is 82.0 Å². The van der Waals surface area contributed by atoms with Crippen LogP contribution in [-0.2, 0) is 4.79 Å². The number of anilines is 1. The molecule has 1 aromatic rings. The fraction of sp³-hybridized carbons (Fsp3) is 0.357. The molecule has 1 aromatic carbocycles. The molecule has 0 saturated heterocycles. The molecular weight excluding hydrogens is 322 g/mol. The van der Waals surface area contributed by atoms with Crippen molar-refractivity contribution in [3.8, 4) is 6.07 Å². The van der Waals surface area contributed by atoms with Gasteiger partial charge in [-0.25, -0.2) is 0 Å². The van der Waals surface area contributed by atoms with Crippen LogP contribution < -0.4 is 10.6 Å². The second-order valence-electron chi connectivity index (χ2n) is 4.94. The predicted molar refractivity (Wildman–Crippen MR) is 80.3 cm³/mol. The van der Waals surface area contributed by atoms with E-state index in [9.17, 15) is 9.59 Å². The van der Waals surface area contributed by atoms with Crippen LogP contribution in [0.4, 0.5) is 5.69 Å². The lowest BCUT2D eigenvalue weighted by Gasteiger charge is -2.18. The maximum atomic E-state index is 12.1.